The molecule has 1 aliphatic heterocycles. The van der Waals surface area contributed by atoms with E-state index >= 15 is 0 Å². The fraction of sp³-hybridized carbons (Fsp3) is 0.625. The molecule has 1 saturated heterocycles. The summed E-state index contributed by atoms with van der Waals surface area (Å²) < 4.78 is 43.2. The number of halogens is 3. The lowest BCUT2D eigenvalue weighted by atomic mass is 9.82. The van der Waals surface area contributed by atoms with Crippen molar-refractivity contribution in [2.75, 3.05) is 0 Å². The summed E-state index contributed by atoms with van der Waals surface area (Å²) in [7, 11) is 0. The van der Waals surface area contributed by atoms with Crippen molar-refractivity contribution >= 4 is 0 Å². The SMILES string of the molecule is CC1OC(C)C(C(O)Cc2ccc(C(F)(F)F)cc2)C1C. The summed E-state index contributed by atoms with van der Waals surface area (Å²) in [4.78, 5) is 0. The Morgan fingerprint density at radius 1 is 1.10 bits per heavy atom. The fourth-order valence-corrected chi connectivity index (χ4v) is 3.16. The van der Waals surface area contributed by atoms with E-state index in [1.807, 2.05) is 20.8 Å². The van der Waals surface area contributed by atoms with Crippen LogP contribution in [0.25, 0.3) is 0 Å². The van der Waals surface area contributed by atoms with Crippen molar-refractivity contribution in [1.82, 2.24) is 0 Å². The number of alkyl halides is 3. The van der Waals surface area contributed by atoms with E-state index in [9.17, 15) is 18.3 Å². The molecular weight excluding hydrogens is 281 g/mol. The number of aliphatic hydroxyl groups excluding tert-OH is 1. The summed E-state index contributed by atoms with van der Waals surface area (Å²) in [5.41, 5.74) is 0.0368. The minimum absolute atomic E-state index is 0.00212. The lowest BCUT2D eigenvalue weighted by molar-refractivity contribution is -0.137. The molecule has 1 aromatic carbocycles. The predicted molar refractivity (Wildman–Crippen MR) is 73.8 cm³/mol. The zero-order valence-corrected chi connectivity index (χ0v) is 12.4. The molecule has 0 spiro atoms. The average Bonchev–Trinajstić information content (AvgIpc) is 2.62. The van der Waals surface area contributed by atoms with E-state index in [-0.39, 0.29) is 24.0 Å². The lowest BCUT2D eigenvalue weighted by Crippen LogP contribution is -2.32. The van der Waals surface area contributed by atoms with Crippen LogP contribution in [0.5, 0.6) is 0 Å². The van der Waals surface area contributed by atoms with Crippen LogP contribution in [0.4, 0.5) is 13.2 Å². The van der Waals surface area contributed by atoms with Crippen LogP contribution in [-0.4, -0.2) is 23.4 Å². The Hall–Kier alpha value is -1.07. The maximum atomic E-state index is 12.5. The normalized spacial score (nSPS) is 31.4. The number of hydrogen-bond acceptors (Lipinski definition) is 2. The van der Waals surface area contributed by atoms with E-state index in [0.717, 1.165) is 12.1 Å². The summed E-state index contributed by atoms with van der Waals surface area (Å²) in [6.07, 6.45) is -4.55. The van der Waals surface area contributed by atoms with E-state index in [1.54, 1.807) is 0 Å². The molecule has 1 aliphatic rings. The van der Waals surface area contributed by atoms with Gasteiger partial charge in [0.2, 0.25) is 0 Å². The second-order valence-corrected chi connectivity index (χ2v) is 5.95. The molecule has 0 amide bonds. The molecule has 2 rings (SSSR count). The molecule has 5 unspecified atom stereocenters. The number of rotatable bonds is 3. The fourth-order valence-electron chi connectivity index (χ4n) is 3.16. The molecule has 5 atom stereocenters. The molecule has 21 heavy (non-hydrogen) atoms. The van der Waals surface area contributed by atoms with Gasteiger partial charge in [-0.1, -0.05) is 19.1 Å². The Bertz CT molecular complexity index is 469. The molecule has 118 valence electrons. The zero-order chi connectivity index (χ0) is 15.8. The molecule has 1 heterocycles. The van der Waals surface area contributed by atoms with Gasteiger partial charge in [0.05, 0.1) is 23.9 Å². The molecule has 0 aromatic heterocycles. The number of benzene rings is 1. The van der Waals surface area contributed by atoms with Gasteiger partial charge in [0.15, 0.2) is 0 Å². The zero-order valence-electron chi connectivity index (χ0n) is 12.4. The molecule has 0 saturated carbocycles. The molecule has 0 radical (unpaired) electrons. The van der Waals surface area contributed by atoms with Crippen LogP contribution in [0.2, 0.25) is 0 Å². The first-order chi connectivity index (χ1) is 9.70. The third-order valence-corrected chi connectivity index (χ3v) is 4.49. The van der Waals surface area contributed by atoms with Gasteiger partial charge in [0.25, 0.3) is 0 Å². The number of aliphatic hydroxyl groups is 1. The highest BCUT2D eigenvalue weighted by atomic mass is 19.4. The van der Waals surface area contributed by atoms with Crippen molar-refractivity contribution in [2.24, 2.45) is 11.8 Å². The van der Waals surface area contributed by atoms with Crippen molar-refractivity contribution in [2.45, 2.75) is 51.7 Å². The molecule has 0 bridgehead atoms. The summed E-state index contributed by atoms with van der Waals surface area (Å²) in [5, 5.41) is 10.4. The van der Waals surface area contributed by atoms with Crippen molar-refractivity contribution in [3.8, 4) is 0 Å². The van der Waals surface area contributed by atoms with Gasteiger partial charge in [-0.05, 0) is 43.9 Å². The van der Waals surface area contributed by atoms with Crippen LogP contribution in [0.15, 0.2) is 24.3 Å². The minimum atomic E-state index is -4.32. The molecule has 1 fully saturated rings. The Labute approximate surface area is 122 Å². The summed E-state index contributed by atoms with van der Waals surface area (Å²) >= 11 is 0. The van der Waals surface area contributed by atoms with Gasteiger partial charge >= 0.3 is 6.18 Å². The third kappa shape index (κ3) is 3.58. The van der Waals surface area contributed by atoms with Gasteiger partial charge in [-0.15, -0.1) is 0 Å². The van der Waals surface area contributed by atoms with Crippen LogP contribution >= 0.6 is 0 Å². The monoisotopic (exact) mass is 302 g/mol. The summed E-state index contributed by atoms with van der Waals surface area (Å²) in [6.45, 7) is 5.95. The van der Waals surface area contributed by atoms with Crippen LogP contribution in [0.1, 0.15) is 31.9 Å². The van der Waals surface area contributed by atoms with E-state index in [1.165, 1.54) is 12.1 Å². The highest BCUT2D eigenvalue weighted by Crippen LogP contribution is 2.36. The topological polar surface area (TPSA) is 29.5 Å². The second-order valence-electron chi connectivity index (χ2n) is 5.95. The molecular formula is C16H21F3O2. The smallest absolute Gasteiger partial charge is 0.392 e. The third-order valence-electron chi connectivity index (χ3n) is 4.49. The maximum absolute atomic E-state index is 12.5. The minimum Gasteiger partial charge on any atom is -0.392 e. The Balaban J connectivity index is 2.04. The predicted octanol–water partition coefficient (Wildman–Crippen LogP) is 3.67. The molecule has 2 nitrogen and oxygen atoms in total. The lowest BCUT2D eigenvalue weighted by Gasteiger charge is -2.24. The standard InChI is InChI=1S/C16H21F3O2/c1-9-10(2)21-11(3)15(9)14(20)8-12-4-6-13(7-5-12)16(17,18)19/h4-7,9-11,14-15,20H,8H2,1-3H3. The Morgan fingerprint density at radius 3 is 2.10 bits per heavy atom. The molecule has 0 aliphatic carbocycles. The van der Waals surface area contributed by atoms with Crippen LogP contribution in [0.3, 0.4) is 0 Å². The molecule has 1 aromatic rings. The first-order valence-corrected chi connectivity index (χ1v) is 7.20. The van der Waals surface area contributed by atoms with Gasteiger partial charge in [-0.3, -0.25) is 0 Å². The quantitative estimate of drug-likeness (QED) is 0.923. The molecule has 1 N–H and O–H groups in total. The van der Waals surface area contributed by atoms with Gasteiger partial charge < -0.3 is 9.84 Å². The number of hydrogen-bond donors (Lipinski definition) is 1. The first kappa shape index (κ1) is 16.3. The Kier molecular flexibility index (Phi) is 4.63. The molecule has 5 heteroatoms. The largest absolute Gasteiger partial charge is 0.416 e. The van der Waals surface area contributed by atoms with Crippen LogP contribution in [-0.2, 0) is 17.3 Å². The first-order valence-electron chi connectivity index (χ1n) is 7.20. The van der Waals surface area contributed by atoms with Crippen molar-refractivity contribution < 1.29 is 23.0 Å². The maximum Gasteiger partial charge on any atom is 0.416 e. The number of ether oxygens (including phenoxy) is 1. The van der Waals surface area contributed by atoms with E-state index in [0.29, 0.717) is 12.0 Å². The van der Waals surface area contributed by atoms with E-state index in [4.69, 9.17) is 4.74 Å². The second kappa shape index (κ2) is 5.97. The average molecular weight is 302 g/mol. The summed E-state index contributed by atoms with van der Waals surface area (Å²) in [6, 6.07) is 4.98. The highest BCUT2D eigenvalue weighted by Gasteiger charge is 2.41. The summed E-state index contributed by atoms with van der Waals surface area (Å²) in [5.74, 6) is 0.228. The van der Waals surface area contributed by atoms with Crippen molar-refractivity contribution in [3.05, 3.63) is 35.4 Å². The highest BCUT2D eigenvalue weighted by molar-refractivity contribution is 5.25. The van der Waals surface area contributed by atoms with E-state index in [2.05, 4.69) is 0 Å². The Morgan fingerprint density at radius 2 is 1.67 bits per heavy atom. The van der Waals surface area contributed by atoms with Crippen LogP contribution in [0, 0.1) is 11.8 Å². The van der Waals surface area contributed by atoms with Crippen molar-refractivity contribution in [3.63, 3.8) is 0 Å². The van der Waals surface area contributed by atoms with Crippen LogP contribution < -0.4 is 0 Å². The van der Waals surface area contributed by atoms with Gasteiger partial charge in [-0.25, -0.2) is 0 Å². The van der Waals surface area contributed by atoms with E-state index < -0.39 is 17.8 Å². The van der Waals surface area contributed by atoms with Gasteiger partial charge in [0.1, 0.15) is 0 Å². The van der Waals surface area contributed by atoms with Gasteiger partial charge in [0, 0.05) is 5.92 Å². The van der Waals surface area contributed by atoms with Crippen molar-refractivity contribution in [1.29, 1.82) is 0 Å². The van der Waals surface area contributed by atoms with Gasteiger partial charge in [-0.2, -0.15) is 13.2 Å².